The maximum Gasteiger partial charge on any atom is 0.0630 e. The van der Waals surface area contributed by atoms with E-state index < -0.39 is 0 Å². The van der Waals surface area contributed by atoms with E-state index in [0.717, 1.165) is 33.5 Å². The highest BCUT2D eigenvalue weighted by Gasteiger charge is 2.04. The summed E-state index contributed by atoms with van der Waals surface area (Å²) in [5.41, 5.74) is 9.89. The Morgan fingerprint density at radius 2 is 2.05 bits per heavy atom. The van der Waals surface area contributed by atoms with Crippen molar-refractivity contribution < 1.29 is 0 Å². The predicted octanol–water partition coefficient (Wildman–Crippen LogP) is 3.13. The van der Waals surface area contributed by atoms with Crippen LogP contribution >= 0.6 is 0 Å². The lowest BCUT2D eigenvalue weighted by Crippen LogP contribution is -2.04. The first kappa shape index (κ1) is 12.4. The summed E-state index contributed by atoms with van der Waals surface area (Å²) in [6.45, 7) is 2.64. The highest BCUT2D eigenvalue weighted by atomic mass is 14.9. The molecule has 100 valence electrons. The van der Waals surface area contributed by atoms with E-state index in [2.05, 4.69) is 15.3 Å². The van der Waals surface area contributed by atoms with Gasteiger partial charge in [0.05, 0.1) is 23.6 Å². The number of nitrogens with two attached hydrogens (primary N) is 1. The number of aryl methyl sites for hydroxylation is 1. The summed E-state index contributed by atoms with van der Waals surface area (Å²) in [5, 5.41) is 5.40. The number of benzene rings is 1. The molecule has 3 aromatic rings. The van der Waals surface area contributed by atoms with Gasteiger partial charge >= 0.3 is 0 Å². The number of nitrogen functional groups attached to an aromatic ring is 1. The zero-order valence-corrected chi connectivity index (χ0v) is 11.3. The lowest BCUT2D eigenvalue weighted by molar-refractivity contribution is 1.02. The molecular formula is C16H16N4. The van der Waals surface area contributed by atoms with Crippen molar-refractivity contribution in [3.63, 3.8) is 0 Å². The fraction of sp³-hybridized carbons (Fsp3) is 0.125. The number of aromatic nitrogens is 2. The van der Waals surface area contributed by atoms with Gasteiger partial charge in [0.1, 0.15) is 0 Å². The van der Waals surface area contributed by atoms with Crippen LogP contribution in [0, 0.1) is 6.92 Å². The molecule has 0 aliphatic heterocycles. The number of hydrogen-bond acceptors (Lipinski definition) is 4. The van der Waals surface area contributed by atoms with Crippen molar-refractivity contribution in [2.45, 2.75) is 13.5 Å². The zero-order valence-electron chi connectivity index (χ0n) is 11.3. The number of nitrogens with zero attached hydrogens (tertiary/aromatic N) is 2. The van der Waals surface area contributed by atoms with Gasteiger partial charge in [0.25, 0.3) is 0 Å². The Morgan fingerprint density at radius 1 is 1.15 bits per heavy atom. The van der Waals surface area contributed by atoms with Crippen LogP contribution in [0.25, 0.3) is 10.8 Å². The summed E-state index contributed by atoms with van der Waals surface area (Å²) in [4.78, 5) is 8.57. The SMILES string of the molecule is Cc1cccc(CNc2ccc3cnccc3c2N)n1. The monoisotopic (exact) mass is 264 g/mol. The van der Waals surface area contributed by atoms with Crippen LogP contribution in [0.15, 0.2) is 48.8 Å². The summed E-state index contributed by atoms with van der Waals surface area (Å²) in [6, 6.07) is 11.9. The second-order valence-corrected chi connectivity index (χ2v) is 4.75. The average Bonchev–Trinajstić information content (AvgIpc) is 2.47. The summed E-state index contributed by atoms with van der Waals surface area (Å²) >= 11 is 0. The van der Waals surface area contributed by atoms with Crippen molar-refractivity contribution in [3.05, 3.63) is 60.2 Å². The number of rotatable bonds is 3. The van der Waals surface area contributed by atoms with E-state index in [1.54, 1.807) is 6.20 Å². The van der Waals surface area contributed by atoms with E-state index in [0.29, 0.717) is 6.54 Å². The van der Waals surface area contributed by atoms with Crippen molar-refractivity contribution in [1.29, 1.82) is 0 Å². The van der Waals surface area contributed by atoms with Gasteiger partial charge < -0.3 is 11.1 Å². The molecule has 0 saturated carbocycles. The third kappa shape index (κ3) is 2.40. The molecule has 0 amide bonds. The van der Waals surface area contributed by atoms with E-state index >= 15 is 0 Å². The van der Waals surface area contributed by atoms with Crippen molar-refractivity contribution in [3.8, 4) is 0 Å². The molecule has 3 N–H and O–H groups in total. The molecule has 2 aromatic heterocycles. The number of anilines is 2. The number of fused-ring (bicyclic) bond motifs is 1. The Hall–Kier alpha value is -2.62. The van der Waals surface area contributed by atoms with Gasteiger partial charge in [-0.25, -0.2) is 0 Å². The molecule has 1 aromatic carbocycles. The molecular weight excluding hydrogens is 248 g/mol. The number of nitrogens with one attached hydrogen (secondary N) is 1. The van der Waals surface area contributed by atoms with Gasteiger partial charge in [-0.1, -0.05) is 12.1 Å². The Labute approximate surface area is 117 Å². The summed E-state index contributed by atoms with van der Waals surface area (Å²) in [7, 11) is 0. The third-order valence-corrected chi connectivity index (χ3v) is 3.27. The molecule has 0 saturated heterocycles. The van der Waals surface area contributed by atoms with Crippen LogP contribution in [0.2, 0.25) is 0 Å². The molecule has 0 atom stereocenters. The van der Waals surface area contributed by atoms with Gasteiger partial charge in [0, 0.05) is 28.9 Å². The fourth-order valence-corrected chi connectivity index (χ4v) is 2.23. The Kier molecular flexibility index (Phi) is 3.21. The van der Waals surface area contributed by atoms with Gasteiger partial charge in [-0.05, 0) is 31.2 Å². The predicted molar refractivity (Wildman–Crippen MR) is 82.5 cm³/mol. The maximum atomic E-state index is 6.20. The van der Waals surface area contributed by atoms with E-state index in [-0.39, 0.29) is 0 Å². The van der Waals surface area contributed by atoms with Crippen LogP contribution in [0.5, 0.6) is 0 Å². The normalized spacial score (nSPS) is 10.7. The topological polar surface area (TPSA) is 63.8 Å². The molecule has 3 rings (SSSR count). The second-order valence-electron chi connectivity index (χ2n) is 4.75. The van der Waals surface area contributed by atoms with Gasteiger partial charge in [-0.2, -0.15) is 0 Å². The minimum atomic E-state index is 0.655. The average molecular weight is 264 g/mol. The van der Waals surface area contributed by atoms with Crippen molar-refractivity contribution in [2.24, 2.45) is 0 Å². The van der Waals surface area contributed by atoms with E-state index in [1.807, 2.05) is 49.5 Å². The smallest absolute Gasteiger partial charge is 0.0630 e. The summed E-state index contributed by atoms with van der Waals surface area (Å²) < 4.78 is 0. The maximum absolute atomic E-state index is 6.20. The van der Waals surface area contributed by atoms with Gasteiger partial charge in [-0.15, -0.1) is 0 Å². The third-order valence-electron chi connectivity index (χ3n) is 3.27. The van der Waals surface area contributed by atoms with Crippen LogP contribution < -0.4 is 11.1 Å². The standard InChI is InChI=1S/C16H16N4/c1-11-3-2-4-13(20-11)10-19-15-6-5-12-9-18-8-7-14(12)16(15)17/h2-9,19H,10,17H2,1H3. The van der Waals surface area contributed by atoms with Crippen LogP contribution in [-0.4, -0.2) is 9.97 Å². The quantitative estimate of drug-likeness (QED) is 0.713. The van der Waals surface area contributed by atoms with Crippen LogP contribution in [-0.2, 0) is 6.54 Å². The highest BCUT2D eigenvalue weighted by Crippen LogP contribution is 2.28. The Balaban J connectivity index is 1.86. The Bertz CT molecular complexity index is 752. The zero-order chi connectivity index (χ0) is 13.9. The molecule has 0 bridgehead atoms. The first-order valence-corrected chi connectivity index (χ1v) is 6.52. The number of pyridine rings is 2. The van der Waals surface area contributed by atoms with Crippen LogP contribution in [0.1, 0.15) is 11.4 Å². The first-order chi connectivity index (χ1) is 9.74. The largest absolute Gasteiger partial charge is 0.397 e. The second kappa shape index (κ2) is 5.17. The van der Waals surface area contributed by atoms with Crippen LogP contribution in [0.4, 0.5) is 11.4 Å². The molecule has 2 heterocycles. The fourth-order valence-electron chi connectivity index (χ4n) is 2.23. The lowest BCUT2D eigenvalue weighted by Gasteiger charge is -2.11. The molecule has 0 spiro atoms. The Morgan fingerprint density at radius 3 is 2.90 bits per heavy atom. The minimum absolute atomic E-state index is 0.655. The molecule has 0 aliphatic carbocycles. The molecule has 0 radical (unpaired) electrons. The van der Waals surface area contributed by atoms with Gasteiger partial charge in [0.15, 0.2) is 0 Å². The van der Waals surface area contributed by atoms with Crippen molar-refractivity contribution >= 4 is 22.1 Å². The van der Waals surface area contributed by atoms with E-state index in [1.165, 1.54) is 0 Å². The summed E-state index contributed by atoms with van der Waals surface area (Å²) in [6.07, 6.45) is 3.57. The van der Waals surface area contributed by atoms with E-state index in [4.69, 9.17) is 5.73 Å². The highest BCUT2D eigenvalue weighted by molar-refractivity contribution is 5.98. The molecule has 4 heteroatoms. The lowest BCUT2D eigenvalue weighted by atomic mass is 10.1. The van der Waals surface area contributed by atoms with Gasteiger partial charge in [0.2, 0.25) is 0 Å². The minimum Gasteiger partial charge on any atom is -0.397 e. The van der Waals surface area contributed by atoms with Crippen LogP contribution in [0.3, 0.4) is 0 Å². The van der Waals surface area contributed by atoms with E-state index in [9.17, 15) is 0 Å². The first-order valence-electron chi connectivity index (χ1n) is 6.52. The molecule has 0 fully saturated rings. The van der Waals surface area contributed by atoms with Gasteiger partial charge in [-0.3, -0.25) is 9.97 Å². The molecule has 20 heavy (non-hydrogen) atoms. The number of hydrogen-bond donors (Lipinski definition) is 2. The van der Waals surface area contributed by atoms with Crippen molar-refractivity contribution in [1.82, 2.24) is 9.97 Å². The molecule has 0 unspecified atom stereocenters. The molecule has 4 nitrogen and oxygen atoms in total. The van der Waals surface area contributed by atoms with Crippen molar-refractivity contribution in [2.75, 3.05) is 11.1 Å². The molecule has 0 aliphatic rings. The summed E-state index contributed by atoms with van der Waals surface area (Å²) in [5.74, 6) is 0.